The molecule has 0 aliphatic rings. The van der Waals surface area contributed by atoms with E-state index in [0.717, 1.165) is 12.4 Å². The molecule has 0 aromatic carbocycles. The average Bonchev–Trinajstić information content (AvgIpc) is 2.21. The second-order valence-corrected chi connectivity index (χ2v) is 3.65. The molecule has 0 aliphatic heterocycles. The summed E-state index contributed by atoms with van der Waals surface area (Å²) in [4.78, 5) is 6.47. The topological polar surface area (TPSA) is 42.1 Å². The Morgan fingerprint density at radius 2 is 2.33 bits per heavy atom. The van der Waals surface area contributed by atoms with Crippen LogP contribution in [0.5, 0.6) is 0 Å². The fourth-order valence-electron chi connectivity index (χ4n) is 1.23. The first-order valence-corrected chi connectivity index (χ1v) is 5.19. The van der Waals surface area contributed by atoms with Crippen molar-refractivity contribution in [2.75, 3.05) is 18.0 Å². The zero-order chi connectivity index (χ0) is 11.3. The highest BCUT2D eigenvalue weighted by Crippen LogP contribution is 2.10. The summed E-state index contributed by atoms with van der Waals surface area (Å²) in [5.74, 6) is 0.416. The van der Waals surface area contributed by atoms with Crippen LogP contribution in [-0.2, 0) is 0 Å². The lowest BCUT2D eigenvalue weighted by Crippen LogP contribution is -2.27. The predicted octanol–water partition coefficient (Wildman–Crippen LogP) is 1.72. The number of halogens is 1. The lowest BCUT2D eigenvalue weighted by atomic mass is 10.3. The van der Waals surface area contributed by atoms with E-state index >= 15 is 0 Å². The van der Waals surface area contributed by atoms with E-state index in [0.29, 0.717) is 18.0 Å². The summed E-state index contributed by atoms with van der Waals surface area (Å²) >= 11 is 4.80. The van der Waals surface area contributed by atoms with Crippen LogP contribution in [0.1, 0.15) is 13.3 Å². The van der Waals surface area contributed by atoms with Crippen LogP contribution in [0.15, 0.2) is 18.3 Å². The van der Waals surface area contributed by atoms with Gasteiger partial charge in [0.2, 0.25) is 0 Å². The summed E-state index contributed by atoms with van der Waals surface area (Å²) in [6.45, 7) is 3.51. The fraction of sp³-hybridized carbons (Fsp3) is 0.400. The van der Waals surface area contributed by atoms with Crippen LogP contribution in [0.3, 0.4) is 0 Å². The van der Waals surface area contributed by atoms with Gasteiger partial charge in [-0.15, -0.1) is 0 Å². The van der Waals surface area contributed by atoms with Gasteiger partial charge in [-0.25, -0.2) is 9.37 Å². The Labute approximate surface area is 94.1 Å². The molecule has 3 nitrogen and oxygen atoms in total. The minimum absolute atomic E-state index is 0.329. The maximum absolute atomic E-state index is 12.6. The first kappa shape index (κ1) is 11.8. The van der Waals surface area contributed by atoms with E-state index < -0.39 is 0 Å². The third kappa shape index (κ3) is 3.79. The largest absolute Gasteiger partial charge is 0.393 e. The molecule has 1 aromatic heterocycles. The number of rotatable bonds is 5. The van der Waals surface area contributed by atoms with Gasteiger partial charge in [-0.2, -0.15) is 0 Å². The molecular formula is C10H14FN3S. The lowest BCUT2D eigenvalue weighted by molar-refractivity contribution is 0.620. The molecule has 5 heteroatoms. The number of hydrogen-bond acceptors (Lipinski definition) is 3. The molecule has 0 spiro atoms. The van der Waals surface area contributed by atoms with Crippen molar-refractivity contribution in [1.82, 2.24) is 4.98 Å². The number of nitrogens with zero attached hydrogens (tertiary/aromatic N) is 2. The summed E-state index contributed by atoms with van der Waals surface area (Å²) in [5, 5.41) is 0. The second-order valence-electron chi connectivity index (χ2n) is 3.13. The van der Waals surface area contributed by atoms with Gasteiger partial charge in [-0.1, -0.05) is 12.2 Å². The number of aromatic nitrogens is 1. The summed E-state index contributed by atoms with van der Waals surface area (Å²) in [6.07, 6.45) is 1.85. The van der Waals surface area contributed by atoms with Crippen molar-refractivity contribution in [3.63, 3.8) is 0 Å². The summed E-state index contributed by atoms with van der Waals surface area (Å²) in [6, 6.07) is 3.05. The standard InChI is InChI=1S/C10H14FN3S/c1-2-14(6-5-9(12)15)10-4-3-8(11)7-13-10/h3-4,7H,2,5-6H2,1H3,(H2,12,15). The van der Waals surface area contributed by atoms with Gasteiger partial charge in [0.05, 0.1) is 11.2 Å². The van der Waals surface area contributed by atoms with Crippen LogP contribution in [-0.4, -0.2) is 23.1 Å². The lowest BCUT2D eigenvalue weighted by Gasteiger charge is -2.21. The number of nitrogens with two attached hydrogens (primary N) is 1. The van der Waals surface area contributed by atoms with Crippen LogP contribution in [0.4, 0.5) is 10.2 Å². The quantitative estimate of drug-likeness (QED) is 0.778. The minimum Gasteiger partial charge on any atom is -0.393 e. The zero-order valence-corrected chi connectivity index (χ0v) is 9.43. The maximum Gasteiger partial charge on any atom is 0.141 e. The number of pyridine rings is 1. The Morgan fingerprint density at radius 3 is 2.80 bits per heavy atom. The maximum atomic E-state index is 12.6. The van der Waals surface area contributed by atoms with Crippen molar-refractivity contribution in [3.8, 4) is 0 Å². The molecule has 0 unspecified atom stereocenters. The Hall–Kier alpha value is -1.23. The van der Waals surface area contributed by atoms with Gasteiger partial charge in [0.15, 0.2) is 0 Å². The van der Waals surface area contributed by atoms with Crippen molar-refractivity contribution < 1.29 is 4.39 Å². The van der Waals surface area contributed by atoms with E-state index in [-0.39, 0.29) is 5.82 Å². The van der Waals surface area contributed by atoms with Crippen LogP contribution in [0.25, 0.3) is 0 Å². The highest BCUT2D eigenvalue weighted by atomic mass is 32.1. The predicted molar refractivity (Wildman–Crippen MR) is 63.5 cm³/mol. The van der Waals surface area contributed by atoms with E-state index in [1.54, 1.807) is 6.07 Å². The summed E-state index contributed by atoms with van der Waals surface area (Å²) in [5.41, 5.74) is 5.42. The van der Waals surface area contributed by atoms with Crippen LogP contribution < -0.4 is 10.6 Å². The highest BCUT2D eigenvalue weighted by Gasteiger charge is 2.05. The molecule has 0 fully saturated rings. The van der Waals surface area contributed by atoms with E-state index in [9.17, 15) is 4.39 Å². The van der Waals surface area contributed by atoms with Gasteiger partial charge in [0.1, 0.15) is 11.6 Å². The minimum atomic E-state index is -0.329. The van der Waals surface area contributed by atoms with Gasteiger partial charge < -0.3 is 10.6 Å². The summed E-state index contributed by atoms with van der Waals surface area (Å²) in [7, 11) is 0. The van der Waals surface area contributed by atoms with Gasteiger partial charge >= 0.3 is 0 Å². The summed E-state index contributed by atoms with van der Waals surface area (Å²) < 4.78 is 12.6. The van der Waals surface area contributed by atoms with Crippen LogP contribution in [0.2, 0.25) is 0 Å². The van der Waals surface area contributed by atoms with E-state index in [2.05, 4.69) is 4.98 Å². The molecule has 82 valence electrons. The monoisotopic (exact) mass is 227 g/mol. The van der Waals surface area contributed by atoms with E-state index in [1.165, 1.54) is 12.3 Å². The van der Waals surface area contributed by atoms with Crippen molar-refractivity contribution in [2.24, 2.45) is 5.73 Å². The normalized spacial score (nSPS) is 10.0. The molecule has 15 heavy (non-hydrogen) atoms. The molecule has 0 amide bonds. The third-order valence-electron chi connectivity index (χ3n) is 2.05. The van der Waals surface area contributed by atoms with Crippen LogP contribution >= 0.6 is 12.2 Å². The Morgan fingerprint density at radius 1 is 1.60 bits per heavy atom. The number of thiocarbonyl (C=S) groups is 1. The molecule has 0 saturated heterocycles. The SMILES string of the molecule is CCN(CCC(N)=S)c1ccc(F)cn1. The molecule has 0 bridgehead atoms. The van der Waals surface area contributed by atoms with Crippen molar-refractivity contribution in [1.29, 1.82) is 0 Å². The highest BCUT2D eigenvalue weighted by molar-refractivity contribution is 7.80. The number of hydrogen-bond donors (Lipinski definition) is 1. The van der Waals surface area contributed by atoms with Crippen LogP contribution in [0, 0.1) is 5.82 Å². The molecule has 1 aromatic rings. The molecule has 0 radical (unpaired) electrons. The van der Waals surface area contributed by atoms with Gasteiger partial charge in [-0.05, 0) is 19.1 Å². The van der Waals surface area contributed by atoms with Crippen molar-refractivity contribution in [2.45, 2.75) is 13.3 Å². The zero-order valence-electron chi connectivity index (χ0n) is 8.61. The first-order chi connectivity index (χ1) is 7.13. The number of anilines is 1. The van der Waals surface area contributed by atoms with Gasteiger partial charge in [0, 0.05) is 19.5 Å². The van der Waals surface area contributed by atoms with E-state index in [1.807, 2.05) is 11.8 Å². The van der Waals surface area contributed by atoms with Gasteiger partial charge in [0.25, 0.3) is 0 Å². The van der Waals surface area contributed by atoms with Gasteiger partial charge in [-0.3, -0.25) is 0 Å². The fourth-order valence-corrected chi connectivity index (χ4v) is 1.33. The smallest absolute Gasteiger partial charge is 0.141 e. The van der Waals surface area contributed by atoms with Crippen molar-refractivity contribution >= 4 is 23.0 Å². The second kappa shape index (κ2) is 5.60. The molecule has 1 rings (SSSR count). The van der Waals surface area contributed by atoms with E-state index in [4.69, 9.17) is 18.0 Å². The molecule has 0 aliphatic carbocycles. The Bertz CT molecular complexity index is 326. The first-order valence-electron chi connectivity index (χ1n) is 4.78. The third-order valence-corrected chi connectivity index (χ3v) is 2.25. The Kier molecular flexibility index (Phi) is 4.42. The molecule has 0 atom stereocenters. The van der Waals surface area contributed by atoms with Crippen molar-refractivity contribution in [3.05, 3.63) is 24.1 Å². The Balaban J connectivity index is 2.65. The molecule has 1 heterocycles. The average molecular weight is 227 g/mol. The molecule has 2 N–H and O–H groups in total. The molecular weight excluding hydrogens is 213 g/mol. The molecule has 0 saturated carbocycles.